The van der Waals surface area contributed by atoms with Crippen molar-refractivity contribution in [3.63, 3.8) is 0 Å². The van der Waals surface area contributed by atoms with Gasteiger partial charge in [0, 0.05) is 32.2 Å². The summed E-state index contributed by atoms with van der Waals surface area (Å²) in [5.74, 6) is 1.55. The standard InChI is InChI=1S/C16H24N4O/c1-13-6-5-9-20(11-13)16(21)14-10-15(18-12-17-14)19-7-3-2-4-8-19/h10,12-13H,2-9,11H2,1H3. The summed E-state index contributed by atoms with van der Waals surface area (Å²) in [6.07, 6.45) is 7.54. The predicted octanol–water partition coefficient (Wildman–Crippen LogP) is 2.34. The Morgan fingerprint density at radius 2 is 1.95 bits per heavy atom. The number of piperidine rings is 2. The Balaban J connectivity index is 1.74. The lowest BCUT2D eigenvalue weighted by Crippen LogP contribution is -2.39. The molecule has 0 radical (unpaired) electrons. The number of rotatable bonds is 2. The maximum Gasteiger partial charge on any atom is 0.272 e. The number of hydrogen-bond donors (Lipinski definition) is 0. The van der Waals surface area contributed by atoms with Crippen LogP contribution in [0.3, 0.4) is 0 Å². The summed E-state index contributed by atoms with van der Waals surface area (Å²) in [7, 11) is 0. The quantitative estimate of drug-likeness (QED) is 0.838. The number of likely N-dealkylation sites (tertiary alicyclic amines) is 1. The zero-order valence-corrected chi connectivity index (χ0v) is 12.8. The second-order valence-corrected chi connectivity index (χ2v) is 6.31. The van der Waals surface area contributed by atoms with Crippen LogP contribution in [0.4, 0.5) is 5.82 Å². The van der Waals surface area contributed by atoms with E-state index in [2.05, 4.69) is 21.8 Å². The predicted molar refractivity (Wildman–Crippen MR) is 82.4 cm³/mol. The zero-order chi connectivity index (χ0) is 14.7. The number of aromatic nitrogens is 2. The molecule has 0 aliphatic carbocycles. The molecule has 1 unspecified atom stereocenters. The van der Waals surface area contributed by atoms with Crippen molar-refractivity contribution in [2.45, 2.75) is 39.0 Å². The van der Waals surface area contributed by atoms with Crippen molar-refractivity contribution in [3.05, 3.63) is 18.1 Å². The van der Waals surface area contributed by atoms with Gasteiger partial charge in [-0.05, 0) is 38.0 Å². The Kier molecular flexibility index (Phi) is 4.36. The largest absolute Gasteiger partial charge is 0.357 e. The van der Waals surface area contributed by atoms with Gasteiger partial charge in [-0.15, -0.1) is 0 Å². The van der Waals surface area contributed by atoms with Gasteiger partial charge in [0.05, 0.1) is 0 Å². The highest BCUT2D eigenvalue weighted by Gasteiger charge is 2.24. The smallest absolute Gasteiger partial charge is 0.272 e. The summed E-state index contributed by atoms with van der Waals surface area (Å²) < 4.78 is 0. The third kappa shape index (κ3) is 3.34. The van der Waals surface area contributed by atoms with Gasteiger partial charge in [0.1, 0.15) is 17.8 Å². The van der Waals surface area contributed by atoms with Gasteiger partial charge in [0.2, 0.25) is 0 Å². The van der Waals surface area contributed by atoms with Crippen molar-refractivity contribution >= 4 is 11.7 Å². The van der Waals surface area contributed by atoms with E-state index in [1.54, 1.807) is 0 Å². The molecule has 0 bridgehead atoms. The summed E-state index contributed by atoms with van der Waals surface area (Å²) in [6, 6.07) is 1.87. The molecule has 0 saturated carbocycles. The van der Waals surface area contributed by atoms with E-state index in [9.17, 15) is 4.79 Å². The Morgan fingerprint density at radius 3 is 2.71 bits per heavy atom. The molecule has 0 aromatic carbocycles. The lowest BCUT2D eigenvalue weighted by atomic mass is 10.00. The van der Waals surface area contributed by atoms with Gasteiger partial charge in [-0.3, -0.25) is 4.79 Å². The molecule has 3 heterocycles. The van der Waals surface area contributed by atoms with Gasteiger partial charge in [0.15, 0.2) is 0 Å². The van der Waals surface area contributed by atoms with E-state index in [1.165, 1.54) is 32.0 Å². The zero-order valence-electron chi connectivity index (χ0n) is 12.8. The first-order valence-electron chi connectivity index (χ1n) is 8.10. The van der Waals surface area contributed by atoms with Crippen LogP contribution >= 0.6 is 0 Å². The van der Waals surface area contributed by atoms with E-state index in [0.717, 1.165) is 38.4 Å². The van der Waals surface area contributed by atoms with Crippen molar-refractivity contribution in [3.8, 4) is 0 Å². The Bertz CT molecular complexity index is 499. The molecular formula is C16H24N4O. The van der Waals surface area contributed by atoms with Gasteiger partial charge in [-0.1, -0.05) is 6.92 Å². The van der Waals surface area contributed by atoms with Gasteiger partial charge >= 0.3 is 0 Å². The van der Waals surface area contributed by atoms with Crippen molar-refractivity contribution in [2.75, 3.05) is 31.1 Å². The maximum atomic E-state index is 12.6. The highest BCUT2D eigenvalue weighted by atomic mass is 16.2. The molecule has 2 fully saturated rings. The second kappa shape index (κ2) is 6.41. The summed E-state index contributed by atoms with van der Waals surface area (Å²) >= 11 is 0. The van der Waals surface area contributed by atoms with Crippen molar-refractivity contribution in [2.24, 2.45) is 5.92 Å². The minimum Gasteiger partial charge on any atom is -0.357 e. The van der Waals surface area contributed by atoms with Crippen molar-refractivity contribution in [1.82, 2.24) is 14.9 Å². The fraction of sp³-hybridized carbons (Fsp3) is 0.688. The molecule has 2 aliphatic heterocycles. The normalized spacial score (nSPS) is 23.2. The highest BCUT2D eigenvalue weighted by molar-refractivity contribution is 5.93. The monoisotopic (exact) mass is 288 g/mol. The van der Waals surface area contributed by atoms with Gasteiger partial charge in [0.25, 0.3) is 5.91 Å². The number of carbonyl (C=O) groups is 1. The Hall–Kier alpha value is -1.65. The molecule has 21 heavy (non-hydrogen) atoms. The van der Waals surface area contributed by atoms with E-state index in [4.69, 9.17) is 0 Å². The SMILES string of the molecule is CC1CCCN(C(=O)c2cc(N3CCCCC3)ncn2)C1. The van der Waals surface area contributed by atoms with E-state index in [0.29, 0.717) is 11.6 Å². The molecule has 0 spiro atoms. The number of amides is 1. The second-order valence-electron chi connectivity index (χ2n) is 6.31. The molecule has 1 aromatic rings. The number of carbonyl (C=O) groups excluding carboxylic acids is 1. The van der Waals surface area contributed by atoms with E-state index in [-0.39, 0.29) is 5.91 Å². The van der Waals surface area contributed by atoms with E-state index >= 15 is 0 Å². The maximum absolute atomic E-state index is 12.6. The number of anilines is 1. The third-order valence-electron chi connectivity index (χ3n) is 4.50. The average molecular weight is 288 g/mol. The van der Waals surface area contributed by atoms with E-state index in [1.807, 2.05) is 11.0 Å². The minimum atomic E-state index is 0.0576. The van der Waals surface area contributed by atoms with Crippen LogP contribution < -0.4 is 4.90 Å². The van der Waals surface area contributed by atoms with Crippen LogP contribution in [0.15, 0.2) is 12.4 Å². The summed E-state index contributed by atoms with van der Waals surface area (Å²) in [6.45, 7) is 5.98. The summed E-state index contributed by atoms with van der Waals surface area (Å²) in [4.78, 5) is 25.4. The van der Waals surface area contributed by atoms with Gasteiger partial charge in [-0.25, -0.2) is 9.97 Å². The van der Waals surface area contributed by atoms with Crippen LogP contribution in [-0.2, 0) is 0 Å². The molecule has 0 N–H and O–H groups in total. The van der Waals surface area contributed by atoms with Crippen LogP contribution in [0.5, 0.6) is 0 Å². The molecule has 1 amide bonds. The molecular weight excluding hydrogens is 264 g/mol. The first-order chi connectivity index (χ1) is 10.2. The van der Waals surface area contributed by atoms with Gasteiger partial charge in [-0.2, -0.15) is 0 Å². The van der Waals surface area contributed by atoms with Crippen molar-refractivity contribution < 1.29 is 4.79 Å². The number of hydrogen-bond acceptors (Lipinski definition) is 4. The minimum absolute atomic E-state index is 0.0576. The molecule has 5 heteroatoms. The lowest BCUT2D eigenvalue weighted by molar-refractivity contribution is 0.0677. The van der Waals surface area contributed by atoms with Crippen LogP contribution in [0.2, 0.25) is 0 Å². The molecule has 5 nitrogen and oxygen atoms in total. The molecule has 2 saturated heterocycles. The fourth-order valence-electron chi connectivity index (χ4n) is 3.30. The molecule has 3 rings (SSSR count). The molecule has 114 valence electrons. The molecule has 1 aromatic heterocycles. The van der Waals surface area contributed by atoms with E-state index < -0.39 is 0 Å². The molecule has 1 atom stereocenters. The highest BCUT2D eigenvalue weighted by Crippen LogP contribution is 2.20. The first kappa shape index (κ1) is 14.3. The lowest BCUT2D eigenvalue weighted by Gasteiger charge is -2.31. The van der Waals surface area contributed by atoms with Gasteiger partial charge < -0.3 is 9.80 Å². The van der Waals surface area contributed by atoms with Crippen molar-refractivity contribution in [1.29, 1.82) is 0 Å². The number of nitrogens with zero attached hydrogens (tertiary/aromatic N) is 4. The molecule has 2 aliphatic rings. The van der Waals surface area contributed by atoms with Crippen LogP contribution in [-0.4, -0.2) is 47.0 Å². The average Bonchev–Trinajstić information content (AvgIpc) is 2.55. The Labute approximate surface area is 126 Å². The first-order valence-corrected chi connectivity index (χ1v) is 8.10. The topological polar surface area (TPSA) is 49.3 Å². The third-order valence-corrected chi connectivity index (χ3v) is 4.50. The summed E-state index contributed by atoms with van der Waals surface area (Å²) in [5.41, 5.74) is 0.541. The van der Waals surface area contributed by atoms with Crippen LogP contribution in [0.25, 0.3) is 0 Å². The summed E-state index contributed by atoms with van der Waals surface area (Å²) in [5, 5.41) is 0. The van der Waals surface area contributed by atoms with Crippen LogP contribution in [0.1, 0.15) is 49.5 Å². The Morgan fingerprint density at radius 1 is 1.14 bits per heavy atom. The van der Waals surface area contributed by atoms with Crippen LogP contribution in [0, 0.1) is 5.92 Å². The fourth-order valence-corrected chi connectivity index (χ4v) is 3.30.